The van der Waals surface area contributed by atoms with Gasteiger partial charge in [-0.15, -0.1) is 0 Å². The number of hydrogen-bond donors (Lipinski definition) is 1. The monoisotopic (exact) mass is 297 g/mol. The van der Waals surface area contributed by atoms with Crippen molar-refractivity contribution in [3.05, 3.63) is 48.0 Å². The van der Waals surface area contributed by atoms with Crippen LogP contribution in [0.2, 0.25) is 0 Å². The van der Waals surface area contributed by atoms with Crippen LogP contribution in [0.4, 0.5) is 0 Å². The molecule has 114 valence electrons. The van der Waals surface area contributed by atoms with Gasteiger partial charge >= 0.3 is 5.97 Å². The number of ether oxygens (including phenoxy) is 1. The Hall–Kier alpha value is -2.36. The van der Waals surface area contributed by atoms with Crippen LogP contribution in [-0.2, 0) is 14.3 Å². The highest BCUT2D eigenvalue weighted by molar-refractivity contribution is 5.87. The molecule has 1 aliphatic carbocycles. The first-order valence-electron chi connectivity index (χ1n) is 7.59. The molecule has 0 heterocycles. The lowest BCUT2D eigenvalue weighted by Gasteiger charge is -2.16. The van der Waals surface area contributed by atoms with Crippen LogP contribution >= 0.6 is 0 Å². The maximum atomic E-state index is 11.9. The van der Waals surface area contributed by atoms with E-state index in [0.29, 0.717) is 0 Å². The summed E-state index contributed by atoms with van der Waals surface area (Å²) in [5, 5.41) is 5.15. The predicted molar refractivity (Wildman–Crippen MR) is 84.2 cm³/mol. The second-order valence-electron chi connectivity index (χ2n) is 5.74. The normalized spacial score (nSPS) is 15.3. The SMILES string of the molecule is CC(NC(=O)COC(=O)C1CC1)c1cccc2ccccc12. The number of esters is 1. The Morgan fingerprint density at radius 2 is 1.91 bits per heavy atom. The quantitative estimate of drug-likeness (QED) is 0.863. The highest BCUT2D eigenvalue weighted by Gasteiger charge is 2.31. The van der Waals surface area contributed by atoms with E-state index in [2.05, 4.69) is 5.32 Å². The molecule has 0 bridgehead atoms. The van der Waals surface area contributed by atoms with Gasteiger partial charge in [-0.3, -0.25) is 9.59 Å². The van der Waals surface area contributed by atoms with Crippen LogP contribution in [0.1, 0.15) is 31.4 Å². The van der Waals surface area contributed by atoms with Crippen molar-refractivity contribution in [2.24, 2.45) is 5.92 Å². The van der Waals surface area contributed by atoms with E-state index < -0.39 is 0 Å². The second kappa shape index (κ2) is 6.18. The van der Waals surface area contributed by atoms with Crippen LogP contribution in [0.25, 0.3) is 10.8 Å². The summed E-state index contributed by atoms with van der Waals surface area (Å²) in [5.74, 6) is -0.509. The molecule has 1 amide bonds. The van der Waals surface area contributed by atoms with Gasteiger partial charge in [-0.2, -0.15) is 0 Å². The third-order valence-corrected chi connectivity index (χ3v) is 3.92. The molecule has 4 nitrogen and oxygen atoms in total. The lowest BCUT2D eigenvalue weighted by atomic mass is 10.00. The van der Waals surface area contributed by atoms with Gasteiger partial charge < -0.3 is 10.1 Å². The molecule has 2 aromatic carbocycles. The fraction of sp³-hybridized carbons (Fsp3) is 0.333. The first-order valence-corrected chi connectivity index (χ1v) is 7.59. The number of fused-ring (bicyclic) bond motifs is 1. The van der Waals surface area contributed by atoms with E-state index in [4.69, 9.17) is 4.74 Å². The summed E-state index contributed by atoms with van der Waals surface area (Å²) in [4.78, 5) is 23.4. The van der Waals surface area contributed by atoms with Gasteiger partial charge in [-0.05, 0) is 36.1 Å². The molecule has 1 fully saturated rings. The number of carbonyl (C=O) groups excluding carboxylic acids is 2. The highest BCUT2D eigenvalue weighted by Crippen LogP contribution is 2.30. The predicted octanol–water partition coefficient (Wildman–Crippen LogP) is 2.97. The van der Waals surface area contributed by atoms with E-state index in [9.17, 15) is 9.59 Å². The van der Waals surface area contributed by atoms with E-state index in [0.717, 1.165) is 29.2 Å². The molecule has 1 unspecified atom stereocenters. The summed E-state index contributed by atoms with van der Waals surface area (Å²) >= 11 is 0. The van der Waals surface area contributed by atoms with Gasteiger partial charge in [-0.25, -0.2) is 0 Å². The summed E-state index contributed by atoms with van der Waals surface area (Å²) < 4.78 is 5.00. The molecule has 22 heavy (non-hydrogen) atoms. The van der Waals surface area contributed by atoms with Gasteiger partial charge in [0, 0.05) is 0 Å². The van der Waals surface area contributed by atoms with E-state index in [-0.39, 0.29) is 30.4 Å². The van der Waals surface area contributed by atoms with Crippen LogP contribution in [0, 0.1) is 5.92 Å². The molecule has 1 N–H and O–H groups in total. The summed E-state index contributed by atoms with van der Waals surface area (Å²) in [7, 11) is 0. The highest BCUT2D eigenvalue weighted by atomic mass is 16.5. The molecule has 1 atom stereocenters. The molecule has 3 rings (SSSR count). The van der Waals surface area contributed by atoms with Crippen LogP contribution in [0.3, 0.4) is 0 Å². The molecular formula is C18H19NO3. The minimum absolute atomic E-state index is 0.0169. The zero-order chi connectivity index (χ0) is 15.5. The Balaban J connectivity index is 1.63. The summed E-state index contributed by atoms with van der Waals surface area (Å²) in [6, 6.07) is 14.0. The number of amides is 1. The van der Waals surface area contributed by atoms with Crippen molar-refractivity contribution in [1.82, 2.24) is 5.32 Å². The van der Waals surface area contributed by atoms with Crippen molar-refractivity contribution in [2.75, 3.05) is 6.61 Å². The lowest BCUT2D eigenvalue weighted by Crippen LogP contribution is -2.31. The molecule has 0 saturated heterocycles. The van der Waals surface area contributed by atoms with Crippen molar-refractivity contribution in [3.63, 3.8) is 0 Å². The van der Waals surface area contributed by atoms with Crippen molar-refractivity contribution in [3.8, 4) is 0 Å². The number of hydrogen-bond acceptors (Lipinski definition) is 3. The van der Waals surface area contributed by atoms with Crippen molar-refractivity contribution in [1.29, 1.82) is 0 Å². The minimum Gasteiger partial charge on any atom is -0.455 e. The average molecular weight is 297 g/mol. The molecular weight excluding hydrogens is 278 g/mol. The van der Waals surface area contributed by atoms with Crippen LogP contribution in [0.5, 0.6) is 0 Å². The van der Waals surface area contributed by atoms with Gasteiger partial charge in [0.2, 0.25) is 0 Å². The van der Waals surface area contributed by atoms with Gasteiger partial charge in [0.05, 0.1) is 12.0 Å². The molecule has 1 aliphatic rings. The van der Waals surface area contributed by atoms with Crippen molar-refractivity contribution in [2.45, 2.75) is 25.8 Å². The lowest BCUT2D eigenvalue weighted by molar-refractivity contribution is -0.149. The van der Waals surface area contributed by atoms with Gasteiger partial charge in [-0.1, -0.05) is 42.5 Å². The standard InChI is InChI=1S/C18H19NO3/c1-12(19-17(20)11-22-18(21)14-9-10-14)15-8-4-6-13-5-2-3-7-16(13)15/h2-8,12,14H,9-11H2,1H3,(H,19,20). The molecule has 2 aromatic rings. The van der Waals surface area contributed by atoms with Crippen molar-refractivity contribution >= 4 is 22.6 Å². The minimum atomic E-state index is -0.269. The summed E-state index contributed by atoms with van der Waals surface area (Å²) in [6.45, 7) is 1.73. The van der Waals surface area contributed by atoms with E-state index in [1.54, 1.807) is 0 Å². The fourth-order valence-corrected chi connectivity index (χ4v) is 2.56. The molecule has 0 radical (unpaired) electrons. The third-order valence-electron chi connectivity index (χ3n) is 3.92. The van der Waals surface area contributed by atoms with Crippen LogP contribution < -0.4 is 5.32 Å². The Morgan fingerprint density at radius 3 is 2.68 bits per heavy atom. The Bertz CT molecular complexity index is 701. The zero-order valence-corrected chi connectivity index (χ0v) is 12.5. The zero-order valence-electron chi connectivity index (χ0n) is 12.5. The van der Waals surface area contributed by atoms with E-state index in [1.807, 2.05) is 49.4 Å². The van der Waals surface area contributed by atoms with E-state index >= 15 is 0 Å². The second-order valence-corrected chi connectivity index (χ2v) is 5.74. The van der Waals surface area contributed by atoms with Gasteiger partial charge in [0.15, 0.2) is 6.61 Å². The first kappa shape index (κ1) is 14.6. The number of rotatable bonds is 5. The Kier molecular flexibility index (Phi) is 4.09. The number of carbonyl (C=O) groups is 2. The van der Waals surface area contributed by atoms with Crippen molar-refractivity contribution < 1.29 is 14.3 Å². The summed E-state index contributed by atoms with van der Waals surface area (Å²) in [6.07, 6.45) is 1.76. The number of benzene rings is 2. The Morgan fingerprint density at radius 1 is 1.18 bits per heavy atom. The smallest absolute Gasteiger partial charge is 0.309 e. The van der Waals surface area contributed by atoms with Gasteiger partial charge in [0.25, 0.3) is 5.91 Å². The summed E-state index contributed by atoms with van der Waals surface area (Å²) in [5.41, 5.74) is 1.06. The number of nitrogens with one attached hydrogen (secondary N) is 1. The topological polar surface area (TPSA) is 55.4 Å². The maximum absolute atomic E-state index is 11.9. The Labute approximate surface area is 129 Å². The molecule has 4 heteroatoms. The van der Waals surface area contributed by atoms with Gasteiger partial charge in [0.1, 0.15) is 0 Å². The first-order chi connectivity index (χ1) is 10.6. The molecule has 0 spiro atoms. The fourth-order valence-electron chi connectivity index (χ4n) is 2.56. The maximum Gasteiger partial charge on any atom is 0.309 e. The largest absolute Gasteiger partial charge is 0.455 e. The molecule has 0 aromatic heterocycles. The van der Waals surface area contributed by atoms with Crippen LogP contribution in [0.15, 0.2) is 42.5 Å². The average Bonchev–Trinajstić information content (AvgIpc) is 3.37. The van der Waals surface area contributed by atoms with Crippen LogP contribution in [-0.4, -0.2) is 18.5 Å². The molecule has 0 aliphatic heterocycles. The molecule has 1 saturated carbocycles. The third kappa shape index (κ3) is 3.27. The van der Waals surface area contributed by atoms with E-state index in [1.165, 1.54) is 0 Å².